The van der Waals surface area contributed by atoms with Crippen LogP contribution >= 0.6 is 0 Å². The molecule has 0 atom stereocenters. The Morgan fingerprint density at radius 2 is 1.88 bits per heavy atom. The first-order valence-corrected chi connectivity index (χ1v) is 9.41. The number of ether oxygens (including phenoxy) is 1. The second-order valence-electron chi connectivity index (χ2n) is 6.56. The molecule has 0 fully saturated rings. The molecular formula is C21H21FN5O5+. The van der Waals surface area contributed by atoms with Gasteiger partial charge in [0, 0.05) is 11.8 Å². The number of nitrogens with one attached hydrogen (secondary N) is 1. The minimum absolute atomic E-state index is 0.000437. The molecule has 11 heteroatoms. The van der Waals surface area contributed by atoms with Crippen molar-refractivity contribution >= 4 is 17.3 Å². The smallest absolute Gasteiger partial charge is 0.355 e. The molecule has 0 saturated heterocycles. The van der Waals surface area contributed by atoms with Crippen LogP contribution in [0.3, 0.4) is 0 Å². The van der Waals surface area contributed by atoms with E-state index in [0.717, 1.165) is 23.3 Å². The molecule has 0 saturated carbocycles. The van der Waals surface area contributed by atoms with Crippen molar-refractivity contribution in [1.82, 2.24) is 14.1 Å². The third kappa shape index (κ3) is 4.72. The molecule has 3 aromatic rings. The highest BCUT2D eigenvalue weighted by molar-refractivity contribution is 5.58. The van der Waals surface area contributed by atoms with E-state index in [-0.39, 0.29) is 35.3 Å². The Balaban J connectivity index is 2.08. The van der Waals surface area contributed by atoms with E-state index in [4.69, 9.17) is 4.74 Å². The summed E-state index contributed by atoms with van der Waals surface area (Å²) >= 11 is 0. The van der Waals surface area contributed by atoms with Gasteiger partial charge in [0.1, 0.15) is 5.75 Å². The average molecular weight is 442 g/mol. The van der Waals surface area contributed by atoms with Crippen molar-refractivity contribution in [2.75, 3.05) is 19.5 Å². The SMILES string of the molecule is C=CCn1c(=O)nc(Nc2ccc(F)c([N+](=O)OC)c2)n(Cc2ccc(OC)cc2)c1=O. The summed E-state index contributed by atoms with van der Waals surface area (Å²) in [7, 11) is 2.64. The van der Waals surface area contributed by atoms with E-state index < -0.39 is 17.2 Å². The van der Waals surface area contributed by atoms with E-state index in [1.54, 1.807) is 31.4 Å². The zero-order chi connectivity index (χ0) is 23.3. The first-order chi connectivity index (χ1) is 15.4. The summed E-state index contributed by atoms with van der Waals surface area (Å²) in [6.45, 7) is 3.62. The molecule has 0 aliphatic rings. The number of nitrogens with zero attached hydrogens (tertiary/aromatic N) is 4. The lowest BCUT2D eigenvalue weighted by Crippen LogP contribution is -2.42. The van der Waals surface area contributed by atoms with Gasteiger partial charge in [-0.1, -0.05) is 18.2 Å². The summed E-state index contributed by atoms with van der Waals surface area (Å²) in [6.07, 6.45) is 1.41. The van der Waals surface area contributed by atoms with Crippen LogP contribution in [0, 0.1) is 10.7 Å². The number of halogens is 1. The maximum absolute atomic E-state index is 13.9. The minimum Gasteiger partial charge on any atom is -0.497 e. The molecule has 10 nitrogen and oxygen atoms in total. The largest absolute Gasteiger partial charge is 0.497 e. The monoisotopic (exact) mass is 442 g/mol. The highest BCUT2D eigenvalue weighted by Crippen LogP contribution is 2.24. The van der Waals surface area contributed by atoms with E-state index in [1.807, 2.05) is 0 Å². The van der Waals surface area contributed by atoms with Crippen LogP contribution in [0.4, 0.5) is 21.7 Å². The summed E-state index contributed by atoms with van der Waals surface area (Å²) in [4.78, 5) is 45.6. The van der Waals surface area contributed by atoms with Gasteiger partial charge >= 0.3 is 17.1 Å². The van der Waals surface area contributed by atoms with Gasteiger partial charge in [-0.15, -0.1) is 6.58 Å². The molecule has 1 heterocycles. The number of hydrogen-bond acceptors (Lipinski definition) is 7. The number of benzene rings is 2. The van der Waals surface area contributed by atoms with Gasteiger partial charge in [-0.05, 0) is 29.8 Å². The Morgan fingerprint density at radius 1 is 1.16 bits per heavy atom. The fraction of sp³-hybridized carbons (Fsp3) is 0.190. The molecule has 2 aromatic carbocycles. The maximum Gasteiger partial charge on any atom is 0.355 e. The van der Waals surface area contributed by atoms with Gasteiger partial charge in [0.25, 0.3) is 4.92 Å². The van der Waals surface area contributed by atoms with Crippen LogP contribution in [0.25, 0.3) is 0 Å². The predicted molar refractivity (Wildman–Crippen MR) is 115 cm³/mol. The molecule has 0 spiro atoms. The number of methoxy groups -OCH3 is 1. The molecule has 3 rings (SSSR count). The number of hydrogen-bond donors (Lipinski definition) is 1. The van der Waals surface area contributed by atoms with Crippen LogP contribution in [-0.4, -0.2) is 33.3 Å². The van der Waals surface area contributed by atoms with Gasteiger partial charge in [0.05, 0.1) is 25.1 Å². The van der Waals surface area contributed by atoms with E-state index >= 15 is 0 Å². The van der Waals surface area contributed by atoms with Crippen LogP contribution in [0.5, 0.6) is 5.75 Å². The Hall–Kier alpha value is -4.28. The van der Waals surface area contributed by atoms with Crippen LogP contribution in [0.15, 0.2) is 64.7 Å². The second-order valence-corrected chi connectivity index (χ2v) is 6.56. The normalized spacial score (nSPS) is 10.5. The first kappa shape index (κ1) is 22.4. The molecular weight excluding hydrogens is 421 g/mol. The molecule has 0 aliphatic heterocycles. The van der Waals surface area contributed by atoms with Crippen LogP contribution in [0.1, 0.15) is 5.56 Å². The molecule has 0 amide bonds. The lowest BCUT2D eigenvalue weighted by atomic mass is 10.2. The molecule has 32 heavy (non-hydrogen) atoms. The number of allylic oxidation sites excluding steroid dienone is 1. The molecule has 166 valence electrons. The fourth-order valence-corrected chi connectivity index (χ4v) is 2.92. The van der Waals surface area contributed by atoms with Crippen molar-refractivity contribution in [1.29, 1.82) is 0 Å². The van der Waals surface area contributed by atoms with Gasteiger partial charge in [-0.25, -0.2) is 19.0 Å². The number of anilines is 2. The van der Waals surface area contributed by atoms with Crippen molar-refractivity contribution in [2.24, 2.45) is 0 Å². The summed E-state index contributed by atoms with van der Waals surface area (Å²) in [5.74, 6) is -0.241. The van der Waals surface area contributed by atoms with E-state index in [9.17, 15) is 18.9 Å². The molecule has 0 radical (unpaired) electrons. The van der Waals surface area contributed by atoms with Crippen molar-refractivity contribution in [3.8, 4) is 5.75 Å². The lowest BCUT2D eigenvalue weighted by Gasteiger charge is -2.15. The quantitative estimate of drug-likeness (QED) is 0.401. The van der Waals surface area contributed by atoms with Crippen LogP contribution in [0.2, 0.25) is 0 Å². The first-order valence-electron chi connectivity index (χ1n) is 9.41. The zero-order valence-electron chi connectivity index (χ0n) is 17.4. The van der Waals surface area contributed by atoms with Crippen LogP contribution in [-0.2, 0) is 17.9 Å². The molecule has 1 N–H and O–H groups in total. The highest BCUT2D eigenvalue weighted by atomic mass is 19.1. The minimum atomic E-state index is -0.808. The van der Waals surface area contributed by atoms with Gasteiger partial charge in [-0.3, -0.25) is 4.57 Å². The average Bonchev–Trinajstić information content (AvgIpc) is 2.80. The number of aromatic nitrogens is 3. The Morgan fingerprint density at radius 3 is 2.50 bits per heavy atom. The summed E-state index contributed by atoms with van der Waals surface area (Å²) in [5, 5.41) is 2.81. The van der Waals surface area contributed by atoms with E-state index in [0.29, 0.717) is 5.75 Å². The van der Waals surface area contributed by atoms with Crippen molar-refractivity contribution in [2.45, 2.75) is 13.1 Å². The molecule has 0 bridgehead atoms. The van der Waals surface area contributed by atoms with Gasteiger partial charge in [-0.2, -0.15) is 9.37 Å². The Kier molecular flexibility index (Phi) is 6.78. The number of rotatable bonds is 9. The topological polar surface area (TPSA) is 107 Å². The standard InChI is InChI=1S/C21H20FN5O5/c1-4-11-25-20(28)24-19(23-15-7-10-17(22)18(12-15)27(30)32-3)26(21(25)29)13-14-5-8-16(31-2)9-6-14/h4-10,12H,1,11,13H2,2-3H3/p+1. The molecule has 1 aromatic heterocycles. The van der Waals surface area contributed by atoms with E-state index in [2.05, 4.69) is 21.7 Å². The summed E-state index contributed by atoms with van der Waals surface area (Å²) in [6, 6.07) is 10.6. The molecule has 0 unspecified atom stereocenters. The highest BCUT2D eigenvalue weighted by Gasteiger charge is 2.22. The summed E-state index contributed by atoms with van der Waals surface area (Å²) in [5.41, 5.74) is -0.829. The third-order valence-corrected chi connectivity index (χ3v) is 4.53. The maximum atomic E-state index is 13.9. The Labute approximate surface area is 181 Å². The Bertz CT molecular complexity index is 1270. The van der Waals surface area contributed by atoms with Gasteiger partial charge in [0.2, 0.25) is 11.8 Å². The zero-order valence-corrected chi connectivity index (χ0v) is 17.4. The van der Waals surface area contributed by atoms with Crippen molar-refractivity contribution in [3.05, 3.63) is 92.4 Å². The van der Waals surface area contributed by atoms with Crippen molar-refractivity contribution < 1.29 is 18.9 Å². The van der Waals surface area contributed by atoms with Gasteiger partial charge in [0.15, 0.2) is 7.11 Å². The third-order valence-electron chi connectivity index (χ3n) is 4.53. The van der Waals surface area contributed by atoms with E-state index in [1.165, 1.54) is 22.8 Å². The predicted octanol–water partition coefficient (Wildman–Crippen LogP) is 2.50. The second kappa shape index (κ2) is 9.69. The lowest BCUT2D eigenvalue weighted by molar-refractivity contribution is -0.737. The summed E-state index contributed by atoms with van der Waals surface area (Å²) < 4.78 is 21.3. The fourth-order valence-electron chi connectivity index (χ4n) is 2.92. The van der Waals surface area contributed by atoms with Gasteiger partial charge < -0.3 is 10.1 Å². The molecule has 0 aliphatic carbocycles. The van der Waals surface area contributed by atoms with Crippen LogP contribution < -0.4 is 21.4 Å². The van der Waals surface area contributed by atoms with Crippen molar-refractivity contribution in [3.63, 3.8) is 0 Å².